The van der Waals surface area contributed by atoms with E-state index in [9.17, 15) is 4.79 Å². The maximum Gasteiger partial charge on any atom is 0.257 e. The predicted molar refractivity (Wildman–Crippen MR) is 63.5 cm³/mol. The SMILES string of the molecule is CNC(=O)COc1c(C)cccc1CCN. The lowest BCUT2D eigenvalue weighted by Crippen LogP contribution is -2.25. The van der Waals surface area contributed by atoms with Crippen molar-refractivity contribution in [1.29, 1.82) is 0 Å². The van der Waals surface area contributed by atoms with E-state index < -0.39 is 0 Å². The monoisotopic (exact) mass is 222 g/mol. The van der Waals surface area contributed by atoms with Gasteiger partial charge in [-0.25, -0.2) is 0 Å². The average Bonchev–Trinajstić information content (AvgIpc) is 2.28. The Labute approximate surface area is 95.8 Å². The minimum absolute atomic E-state index is 0.0406. The number of benzene rings is 1. The molecule has 0 atom stereocenters. The van der Waals surface area contributed by atoms with Crippen molar-refractivity contribution in [3.05, 3.63) is 29.3 Å². The molecule has 4 heteroatoms. The van der Waals surface area contributed by atoms with E-state index in [2.05, 4.69) is 5.32 Å². The van der Waals surface area contributed by atoms with Crippen LogP contribution in [0.2, 0.25) is 0 Å². The van der Waals surface area contributed by atoms with Gasteiger partial charge in [0.2, 0.25) is 0 Å². The Morgan fingerprint density at radius 2 is 2.25 bits per heavy atom. The van der Waals surface area contributed by atoms with Crippen LogP contribution in [0.15, 0.2) is 18.2 Å². The number of amides is 1. The van der Waals surface area contributed by atoms with Crippen molar-refractivity contribution in [3.63, 3.8) is 0 Å². The van der Waals surface area contributed by atoms with Gasteiger partial charge < -0.3 is 15.8 Å². The van der Waals surface area contributed by atoms with Gasteiger partial charge >= 0.3 is 0 Å². The first-order valence-electron chi connectivity index (χ1n) is 5.31. The summed E-state index contributed by atoms with van der Waals surface area (Å²) in [4.78, 5) is 11.1. The summed E-state index contributed by atoms with van der Waals surface area (Å²) in [6.07, 6.45) is 0.755. The molecule has 0 saturated carbocycles. The van der Waals surface area contributed by atoms with Crippen LogP contribution < -0.4 is 15.8 Å². The number of hydrogen-bond acceptors (Lipinski definition) is 3. The summed E-state index contributed by atoms with van der Waals surface area (Å²) in [5.41, 5.74) is 7.60. The molecular formula is C12H18N2O2. The van der Waals surface area contributed by atoms with Crippen LogP contribution >= 0.6 is 0 Å². The molecule has 0 fully saturated rings. The second-order valence-electron chi connectivity index (χ2n) is 3.56. The van der Waals surface area contributed by atoms with Crippen molar-refractivity contribution < 1.29 is 9.53 Å². The molecule has 1 aromatic rings. The third-order valence-corrected chi connectivity index (χ3v) is 2.33. The van der Waals surface area contributed by atoms with E-state index >= 15 is 0 Å². The number of aryl methyl sites for hydroxylation is 1. The summed E-state index contributed by atoms with van der Waals surface area (Å²) in [5.74, 6) is 0.638. The number of carbonyl (C=O) groups excluding carboxylic acids is 1. The van der Waals surface area contributed by atoms with Crippen LogP contribution in [0.4, 0.5) is 0 Å². The number of ether oxygens (including phenoxy) is 1. The summed E-state index contributed by atoms with van der Waals surface area (Å²) in [7, 11) is 1.59. The Kier molecular flexibility index (Phi) is 4.79. The first kappa shape index (κ1) is 12.5. The summed E-state index contributed by atoms with van der Waals surface area (Å²) < 4.78 is 5.51. The second-order valence-corrected chi connectivity index (χ2v) is 3.56. The fraction of sp³-hybridized carbons (Fsp3) is 0.417. The minimum Gasteiger partial charge on any atom is -0.483 e. The zero-order valence-corrected chi connectivity index (χ0v) is 9.75. The Morgan fingerprint density at radius 3 is 2.88 bits per heavy atom. The highest BCUT2D eigenvalue weighted by atomic mass is 16.5. The zero-order chi connectivity index (χ0) is 12.0. The van der Waals surface area contributed by atoms with E-state index in [-0.39, 0.29) is 12.5 Å². The number of nitrogens with two attached hydrogens (primary N) is 1. The van der Waals surface area contributed by atoms with Crippen LogP contribution in [0.25, 0.3) is 0 Å². The summed E-state index contributed by atoms with van der Waals surface area (Å²) in [6, 6.07) is 5.89. The first-order chi connectivity index (χ1) is 7.69. The lowest BCUT2D eigenvalue weighted by atomic mass is 10.1. The number of hydrogen-bond donors (Lipinski definition) is 2. The van der Waals surface area contributed by atoms with Crippen molar-refractivity contribution in [1.82, 2.24) is 5.32 Å². The quantitative estimate of drug-likeness (QED) is 0.767. The fourth-order valence-corrected chi connectivity index (χ4v) is 1.48. The minimum atomic E-state index is -0.137. The van der Waals surface area contributed by atoms with Crippen molar-refractivity contribution in [2.45, 2.75) is 13.3 Å². The molecule has 0 aliphatic heterocycles. The maximum absolute atomic E-state index is 11.1. The van der Waals surface area contributed by atoms with Gasteiger partial charge in [-0.1, -0.05) is 18.2 Å². The van der Waals surface area contributed by atoms with Crippen LogP contribution in [0.3, 0.4) is 0 Å². The summed E-state index contributed by atoms with van der Waals surface area (Å²) >= 11 is 0. The molecule has 0 radical (unpaired) electrons. The molecule has 1 aromatic carbocycles. The number of carbonyl (C=O) groups is 1. The van der Waals surface area contributed by atoms with Gasteiger partial charge in [0.25, 0.3) is 5.91 Å². The van der Waals surface area contributed by atoms with Gasteiger partial charge in [0, 0.05) is 7.05 Å². The number of likely N-dealkylation sites (N-methyl/N-ethyl adjacent to an activating group) is 1. The Morgan fingerprint density at radius 1 is 1.50 bits per heavy atom. The molecule has 0 bridgehead atoms. The predicted octanol–water partition coefficient (Wildman–Crippen LogP) is 0.621. The lowest BCUT2D eigenvalue weighted by molar-refractivity contribution is -0.122. The van der Waals surface area contributed by atoms with Crippen molar-refractivity contribution >= 4 is 5.91 Å². The second kappa shape index (κ2) is 6.12. The molecule has 0 aliphatic rings. The first-order valence-corrected chi connectivity index (χ1v) is 5.31. The molecule has 0 aromatic heterocycles. The van der Waals surface area contributed by atoms with E-state index in [1.807, 2.05) is 25.1 Å². The molecule has 16 heavy (non-hydrogen) atoms. The lowest BCUT2D eigenvalue weighted by Gasteiger charge is -2.13. The normalized spacial score (nSPS) is 9.94. The Bertz CT molecular complexity index is 364. The topological polar surface area (TPSA) is 64.3 Å². The Hall–Kier alpha value is -1.55. The van der Waals surface area contributed by atoms with Crippen molar-refractivity contribution in [2.75, 3.05) is 20.2 Å². The highest BCUT2D eigenvalue weighted by molar-refractivity contribution is 5.77. The van der Waals surface area contributed by atoms with Gasteiger partial charge in [-0.15, -0.1) is 0 Å². The van der Waals surface area contributed by atoms with Gasteiger partial charge in [-0.05, 0) is 31.0 Å². The largest absolute Gasteiger partial charge is 0.483 e. The molecule has 4 nitrogen and oxygen atoms in total. The number of rotatable bonds is 5. The summed E-state index contributed by atoms with van der Waals surface area (Å²) in [5, 5.41) is 2.52. The van der Waals surface area contributed by atoms with Crippen molar-refractivity contribution in [2.24, 2.45) is 5.73 Å². The van der Waals surface area contributed by atoms with Crippen LogP contribution in [-0.2, 0) is 11.2 Å². The molecular weight excluding hydrogens is 204 g/mol. The number of para-hydroxylation sites is 1. The van der Waals surface area contributed by atoms with Gasteiger partial charge in [0.1, 0.15) is 5.75 Å². The highest BCUT2D eigenvalue weighted by Crippen LogP contribution is 2.23. The van der Waals surface area contributed by atoms with Gasteiger partial charge in [-0.2, -0.15) is 0 Å². The van der Waals surface area contributed by atoms with Crippen molar-refractivity contribution in [3.8, 4) is 5.75 Å². The molecule has 1 amide bonds. The van der Waals surface area contributed by atoms with E-state index in [0.29, 0.717) is 6.54 Å². The molecule has 0 heterocycles. The average molecular weight is 222 g/mol. The van der Waals surface area contributed by atoms with Crippen LogP contribution in [-0.4, -0.2) is 26.1 Å². The third kappa shape index (κ3) is 3.24. The standard InChI is InChI=1S/C12H18N2O2/c1-9-4-3-5-10(6-7-13)12(9)16-8-11(15)14-2/h3-5H,6-8,13H2,1-2H3,(H,14,15). The molecule has 0 saturated heterocycles. The van der Waals surface area contributed by atoms with E-state index in [0.717, 1.165) is 23.3 Å². The van der Waals surface area contributed by atoms with Gasteiger partial charge in [0.05, 0.1) is 0 Å². The van der Waals surface area contributed by atoms with E-state index in [1.54, 1.807) is 7.05 Å². The molecule has 0 aliphatic carbocycles. The third-order valence-electron chi connectivity index (χ3n) is 2.33. The molecule has 0 unspecified atom stereocenters. The van der Waals surface area contributed by atoms with Crippen LogP contribution in [0.1, 0.15) is 11.1 Å². The van der Waals surface area contributed by atoms with Gasteiger partial charge in [-0.3, -0.25) is 4.79 Å². The zero-order valence-electron chi connectivity index (χ0n) is 9.75. The fourth-order valence-electron chi connectivity index (χ4n) is 1.48. The molecule has 0 spiro atoms. The smallest absolute Gasteiger partial charge is 0.257 e. The maximum atomic E-state index is 11.1. The summed E-state index contributed by atoms with van der Waals surface area (Å²) in [6.45, 7) is 2.57. The molecule has 1 rings (SSSR count). The van der Waals surface area contributed by atoms with Crippen LogP contribution in [0, 0.1) is 6.92 Å². The highest BCUT2D eigenvalue weighted by Gasteiger charge is 2.08. The Balaban J connectivity index is 2.79. The van der Waals surface area contributed by atoms with Gasteiger partial charge in [0.15, 0.2) is 6.61 Å². The molecule has 3 N–H and O–H groups in total. The van der Waals surface area contributed by atoms with Crippen LogP contribution in [0.5, 0.6) is 5.75 Å². The van der Waals surface area contributed by atoms with E-state index in [1.165, 1.54) is 0 Å². The number of nitrogens with one attached hydrogen (secondary N) is 1. The molecule has 88 valence electrons. The van der Waals surface area contributed by atoms with E-state index in [4.69, 9.17) is 10.5 Å².